The van der Waals surface area contributed by atoms with Crippen molar-refractivity contribution >= 4 is 34.8 Å². The van der Waals surface area contributed by atoms with Gasteiger partial charge in [0.05, 0.1) is 36.1 Å². The molecule has 2 aromatic carbocycles. The van der Waals surface area contributed by atoms with Gasteiger partial charge in [-0.05, 0) is 126 Å². The number of carbonyl (C=O) groups is 3. The Balaban J connectivity index is 0.000000225. The Labute approximate surface area is 295 Å². The van der Waals surface area contributed by atoms with E-state index in [9.17, 15) is 19.5 Å². The summed E-state index contributed by atoms with van der Waals surface area (Å²) in [5, 5.41) is 24.9. The highest BCUT2D eigenvalue weighted by molar-refractivity contribution is 6.24. The molecule has 5 rings (SSSR count). The lowest BCUT2D eigenvalue weighted by Gasteiger charge is -2.35. The highest BCUT2D eigenvalue weighted by atomic mass is 16.6. The summed E-state index contributed by atoms with van der Waals surface area (Å²) in [5.41, 5.74) is 9.02. The summed E-state index contributed by atoms with van der Waals surface area (Å²) in [7, 11) is 4.39. The van der Waals surface area contributed by atoms with E-state index in [-0.39, 0.29) is 24.0 Å². The van der Waals surface area contributed by atoms with Crippen molar-refractivity contribution < 1.29 is 33.9 Å². The highest BCUT2D eigenvalue weighted by Gasteiger charge is 2.48. The van der Waals surface area contributed by atoms with E-state index in [1.54, 1.807) is 0 Å². The van der Waals surface area contributed by atoms with Gasteiger partial charge in [0.1, 0.15) is 25.5 Å². The van der Waals surface area contributed by atoms with Gasteiger partial charge in [-0.15, -0.1) is 0 Å². The molecule has 3 N–H and O–H groups in total. The number of esters is 1. The number of nitrogens with one attached hydrogen (secondary N) is 2. The van der Waals surface area contributed by atoms with E-state index in [2.05, 4.69) is 33.1 Å². The second-order valence-corrected chi connectivity index (χ2v) is 13.9. The summed E-state index contributed by atoms with van der Waals surface area (Å²) < 4.78 is 4.98. The van der Waals surface area contributed by atoms with Crippen LogP contribution in [-0.4, -0.2) is 66.7 Å². The van der Waals surface area contributed by atoms with E-state index < -0.39 is 17.0 Å². The molecule has 11 nitrogen and oxygen atoms in total. The SMILES string of the molecule is CON=C1CCC(NC(=O)Cc2c(C)cc(C)cc2C)(C(=O)OC)CC1.CON=C1CCC2(CC1)NC(=O)C(c1c(C)cc(C)cc1C)=C2O. The first kappa shape index (κ1) is 38.1. The summed E-state index contributed by atoms with van der Waals surface area (Å²) >= 11 is 0. The van der Waals surface area contributed by atoms with Gasteiger partial charge in [-0.3, -0.25) is 9.59 Å². The van der Waals surface area contributed by atoms with Crippen molar-refractivity contribution in [2.24, 2.45) is 10.3 Å². The van der Waals surface area contributed by atoms with Crippen LogP contribution in [0.1, 0.15) is 95.9 Å². The van der Waals surface area contributed by atoms with E-state index >= 15 is 0 Å². The van der Waals surface area contributed by atoms with Crippen LogP contribution >= 0.6 is 0 Å². The second-order valence-electron chi connectivity index (χ2n) is 13.9. The molecule has 0 radical (unpaired) electrons. The summed E-state index contributed by atoms with van der Waals surface area (Å²) in [6, 6.07) is 8.23. The van der Waals surface area contributed by atoms with Crippen LogP contribution in [0.4, 0.5) is 0 Å². The van der Waals surface area contributed by atoms with Crippen LogP contribution in [0.15, 0.2) is 40.3 Å². The molecule has 50 heavy (non-hydrogen) atoms. The first-order valence-electron chi connectivity index (χ1n) is 17.2. The third kappa shape index (κ3) is 8.20. The molecule has 0 bridgehead atoms. The average Bonchev–Trinajstić information content (AvgIpc) is 3.29. The summed E-state index contributed by atoms with van der Waals surface area (Å²) in [4.78, 5) is 47.5. The number of oxime groups is 2. The number of aliphatic hydroxyl groups is 1. The van der Waals surface area contributed by atoms with Crippen molar-refractivity contribution in [1.29, 1.82) is 0 Å². The van der Waals surface area contributed by atoms with Gasteiger partial charge in [0.15, 0.2) is 0 Å². The molecule has 0 unspecified atom stereocenters. The molecule has 0 atom stereocenters. The summed E-state index contributed by atoms with van der Waals surface area (Å²) in [6.07, 6.45) is 5.03. The number of ether oxygens (including phenoxy) is 1. The predicted molar refractivity (Wildman–Crippen MR) is 194 cm³/mol. The van der Waals surface area contributed by atoms with Gasteiger partial charge in [-0.25, -0.2) is 4.79 Å². The minimum absolute atomic E-state index is 0.169. The molecule has 2 aromatic rings. The number of aliphatic hydroxyl groups excluding tert-OH is 1. The van der Waals surface area contributed by atoms with Crippen LogP contribution < -0.4 is 10.6 Å². The molecule has 1 heterocycles. The summed E-state index contributed by atoms with van der Waals surface area (Å²) in [5.74, 6) is -0.578. The molecule has 2 amide bonds. The zero-order valence-electron chi connectivity index (χ0n) is 31.0. The molecule has 11 heteroatoms. The maximum absolute atomic E-state index is 12.7. The smallest absolute Gasteiger partial charge is 0.331 e. The largest absolute Gasteiger partial charge is 0.509 e. The van der Waals surface area contributed by atoms with E-state index in [0.29, 0.717) is 56.9 Å². The molecule has 2 fully saturated rings. The molecule has 270 valence electrons. The zero-order valence-corrected chi connectivity index (χ0v) is 31.0. The summed E-state index contributed by atoms with van der Waals surface area (Å²) in [6.45, 7) is 12.1. The van der Waals surface area contributed by atoms with Crippen LogP contribution in [0.25, 0.3) is 5.57 Å². The minimum atomic E-state index is -0.995. The van der Waals surface area contributed by atoms with Crippen LogP contribution in [0.2, 0.25) is 0 Å². The van der Waals surface area contributed by atoms with E-state index in [1.165, 1.54) is 26.9 Å². The molecular formula is C39H52N4O7. The van der Waals surface area contributed by atoms with Gasteiger partial charge in [0, 0.05) is 0 Å². The standard InChI is InChI=1S/C20H28N2O4.C19H24N2O3/c1-13-10-14(2)17(15(3)11-13)12-18(23)21-20(19(24)25-4)8-6-16(7-9-20)22-26-5;1-11-9-12(2)15(13(3)10-11)16-17(22)19(20-18(16)23)7-5-14(6-8-19)21-24-4/h10-11H,6-9,12H2,1-5H3,(H,21,23);9-10,22H,5-8H2,1-4H3,(H,20,23). The first-order chi connectivity index (χ1) is 23.7. The fourth-order valence-corrected chi connectivity index (χ4v) is 7.76. The highest BCUT2D eigenvalue weighted by Crippen LogP contribution is 2.42. The molecule has 3 aliphatic rings. The molecular weight excluding hydrogens is 636 g/mol. The Hall–Kier alpha value is -4.67. The monoisotopic (exact) mass is 688 g/mol. The second kappa shape index (κ2) is 15.9. The van der Waals surface area contributed by atoms with E-state index in [1.807, 2.05) is 53.7 Å². The maximum atomic E-state index is 12.7. The number of rotatable bonds is 7. The number of hydrogen-bond acceptors (Lipinski definition) is 9. The Kier molecular flexibility index (Phi) is 12.1. The minimum Gasteiger partial charge on any atom is -0.509 e. The predicted octanol–water partition coefficient (Wildman–Crippen LogP) is 6.08. The molecule has 2 saturated carbocycles. The lowest BCUT2D eigenvalue weighted by molar-refractivity contribution is -0.151. The van der Waals surface area contributed by atoms with Gasteiger partial charge in [-0.1, -0.05) is 45.7 Å². The van der Waals surface area contributed by atoms with Crippen molar-refractivity contribution in [3.05, 3.63) is 74.5 Å². The average molecular weight is 689 g/mol. The van der Waals surface area contributed by atoms with Crippen molar-refractivity contribution in [3.63, 3.8) is 0 Å². The molecule has 1 aliphatic heterocycles. The van der Waals surface area contributed by atoms with Crippen LogP contribution in [0.5, 0.6) is 0 Å². The number of hydrogen-bond donors (Lipinski definition) is 3. The van der Waals surface area contributed by atoms with Gasteiger partial charge in [-0.2, -0.15) is 0 Å². The Morgan fingerprint density at radius 2 is 1.24 bits per heavy atom. The Bertz CT molecular complexity index is 1670. The third-order valence-corrected chi connectivity index (χ3v) is 10.1. The number of methoxy groups -OCH3 is 1. The lowest BCUT2D eigenvalue weighted by Crippen LogP contribution is -2.57. The zero-order chi connectivity index (χ0) is 36.8. The number of benzene rings is 2. The first-order valence-corrected chi connectivity index (χ1v) is 17.2. The van der Waals surface area contributed by atoms with Crippen molar-refractivity contribution in [2.45, 2.75) is 110 Å². The molecule has 1 spiro atoms. The Morgan fingerprint density at radius 3 is 1.70 bits per heavy atom. The fourth-order valence-electron chi connectivity index (χ4n) is 7.76. The number of aryl methyl sites for hydroxylation is 6. The number of nitrogens with zero attached hydrogens (tertiary/aromatic N) is 2. The molecule has 0 saturated heterocycles. The maximum Gasteiger partial charge on any atom is 0.331 e. The number of carbonyl (C=O) groups excluding carboxylic acids is 3. The van der Waals surface area contributed by atoms with E-state index in [4.69, 9.17) is 14.4 Å². The fraction of sp³-hybridized carbons (Fsp3) is 0.513. The topological polar surface area (TPSA) is 148 Å². The Morgan fingerprint density at radius 1 is 0.780 bits per heavy atom. The number of amides is 2. The van der Waals surface area contributed by atoms with Crippen LogP contribution in [-0.2, 0) is 35.2 Å². The van der Waals surface area contributed by atoms with Crippen LogP contribution in [0.3, 0.4) is 0 Å². The third-order valence-electron chi connectivity index (χ3n) is 10.1. The quantitative estimate of drug-likeness (QED) is 0.236. The molecule has 0 aromatic heterocycles. The van der Waals surface area contributed by atoms with Gasteiger partial charge in [0.25, 0.3) is 5.91 Å². The normalized spacial score (nSPS) is 21.6. The lowest BCUT2D eigenvalue weighted by atomic mass is 9.79. The molecule has 2 aliphatic carbocycles. The van der Waals surface area contributed by atoms with Gasteiger partial charge < -0.3 is 30.2 Å². The van der Waals surface area contributed by atoms with E-state index in [0.717, 1.165) is 50.4 Å². The van der Waals surface area contributed by atoms with Crippen LogP contribution in [0, 0.1) is 41.5 Å². The van der Waals surface area contributed by atoms with Crippen molar-refractivity contribution in [2.75, 3.05) is 21.3 Å². The van der Waals surface area contributed by atoms with Gasteiger partial charge in [0.2, 0.25) is 5.91 Å². The van der Waals surface area contributed by atoms with Crippen molar-refractivity contribution in [1.82, 2.24) is 10.6 Å². The van der Waals surface area contributed by atoms with Gasteiger partial charge >= 0.3 is 5.97 Å². The van der Waals surface area contributed by atoms with Crippen molar-refractivity contribution in [3.8, 4) is 0 Å².